The molecular weight excluding hydrogens is 332 g/mol. The lowest BCUT2D eigenvalue weighted by atomic mass is 9.84. The lowest BCUT2D eigenvalue weighted by molar-refractivity contribution is 0.412. The largest absolute Gasteiger partial charge is 0.371 e. The Morgan fingerprint density at radius 2 is 1.70 bits per heavy atom. The molecule has 142 valence electrons. The van der Waals surface area contributed by atoms with Gasteiger partial charge in [-0.1, -0.05) is 57.2 Å². The van der Waals surface area contributed by atoms with Gasteiger partial charge in [-0.15, -0.1) is 0 Å². The molecule has 0 aromatic heterocycles. The first-order chi connectivity index (χ1) is 13.0. The Morgan fingerprint density at radius 1 is 1.00 bits per heavy atom. The fourth-order valence-electron chi connectivity index (χ4n) is 3.95. The first kappa shape index (κ1) is 18.1. The Bertz CT molecular complexity index is 824. The summed E-state index contributed by atoms with van der Waals surface area (Å²) in [6.45, 7) is 9.57. The highest BCUT2D eigenvalue weighted by molar-refractivity contribution is 6.00. The molecule has 2 aromatic carbocycles. The molecule has 0 radical (unpaired) electrons. The van der Waals surface area contributed by atoms with E-state index in [-0.39, 0.29) is 11.0 Å². The zero-order valence-corrected chi connectivity index (χ0v) is 16.6. The summed E-state index contributed by atoms with van der Waals surface area (Å²) in [5.74, 6) is 1.07. The van der Waals surface area contributed by atoms with Crippen molar-refractivity contribution >= 4 is 17.2 Å². The van der Waals surface area contributed by atoms with E-state index < -0.39 is 0 Å². The van der Waals surface area contributed by atoms with E-state index in [2.05, 4.69) is 79.2 Å². The molecule has 2 aliphatic rings. The third-order valence-electron chi connectivity index (χ3n) is 5.70. The van der Waals surface area contributed by atoms with Crippen molar-refractivity contribution in [3.05, 3.63) is 59.7 Å². The van der Waals surface area contributed by atoms with E-state index >= 15 is 0 Å². The van der Waals surface area contributed by atoms with Crippen LogP contribution < -0.4 is 16.0 Å². The smallest absolute Gasteiger partial charge is 0.128 e. The van der Waals surface area contributed by atoms with Gasteiger partial charge in [0.15, 0.2) is 0 Å². The van der Waals surface area contributed by atoms with Crippen LogP contribution in [0.4, 0.5) is 11.4 Å². The molecule has 0 unspecified atom stereocenters. The normalized spacial score (nSPS) is 18.4. The lowest BCUT2D eigenvalue weighted by Gasteiger charge is -2.43. The maximum absolute atomic E-state index is 5.01. The number of anilines is 1. The quantitative estimate of drug-likeness (QED) is 0.744. The molecule has 4 nitrogen and oxygen atoms in total. The Morgan fingerprint density at radius 3 is 2.41 bits per heavy atom. The number of benzene rings is 2. The Kier molecular flexibility index (Phi) is 4.68. The number of hydrogen-bond donors (Lipinski definition) is 3. The molecule has 1 fully saturated rings. The average Bonchev–Trinajstić information content (AvgIpc) is 2.66. The average molecular weight is 363 g/mol. The molecule has 27 heavy (non-hydrogen) atoms. The second kappa shape index (κ2) is 7.01. The van der Waals surface area contributed by atoms with Crippen LogP contribution in [0.2, 0.25) is 0 Å². The molecular formula is C23H30N4. The molecule has 0 bridgehead atoms. The van der Waals surface area contributed by atoms with Crippen LogP contribution in [0.25, 0.3) is 0 Å². The Labute approximate surface area is 162 Å². The number of hydrogen-bond acceptors (Lipinski definition) is 4. The molecule has 4 heteroatoms. The molecule has 1 spiro atoms. The number of piperidine rings is 1. The van der Waals surface area contributed by atoms with Crippen molar-refractivity contribution in [1.82, 2.24) is 10.6 Å². The number of para-hydroxylation sites is 2. The van der Waals surface area contributed by atoms with Gasteiger partial charge in [-0.25, -0.2) is 4.99 Å². The van der Waals surface area contributed by atoms with Crippen LogP contribution in [0.3, 0.4) is 0 Å². The van der Waals surface area contributed by atoms with Gasteiger partial charge in [-0.2, -0.15) is 0 Å². The summed E-state index contributed by atoms with van der Waals surface area (Å²) < 4.78 is 0. The minimum absolute atomic E-state index is 0.0923. The fraction of sp³-hybridized carbons (Fsp3) is 0.435. The molecule has 0 amide bonds. The van der Waals surface area contributed by atoms with E-state index in [4.69, 9.17) is 4.99 Å². The number of nitrogens with one attached hydrogen (secondary N) is 3. The molecule has 2 aliphatic heterocycles. The van der Waals surface area contributed by atoms with Crippen molar-refractivity contribution in [1.29, 1.82) is 0 Å². The van der Waals surface area contributed by atoms with Crippen LogP contribution in [0.1, 0.15) is 44.7 Å². The predicted octanol–water partition coefficient (Wildman–Crippen LogP) is 4.35. The van der Waals surface area contributed by atoms with Gasteiger partial charge in [0.05, 0.1) is 16.9 Å². The second-order valence-corrected chi connectivity index (χ2v) is 8.74. The van der Waals surface area contributed by atoms with E-state index in [1.165, 1.54) is 11.1 Å². The van der Waals surface area contributed by atoms with Crippen molar-refractivity contribution < 1.29 is 0 Å². The minimum Gasteiger partial charge on any atom is -0.371 e. The highest BCUT2D eigenvalue weighted by Crippen LogP contribution is 2.36. The van der Waals surface area contributed by atoms with Crippen LogP contribution >= 0.6 is 0 Å². The molecule has 0 saturated carbocycles. The summed E-state index contributed by atoms with van der Waals surface area (Å²) in [5.41, 5.74) is 4.91. The SMILES string of the molecule is CC(C)(C)c1ccc(CNC2=Nc3ccccc3NC23CCNCC3)cc1. The topological polar surface area (TPSA) is 48.5 Å². The fourth-order valence-corrected chi connectivity index (χ4v) is 3.95. The molecule has 0 aliphatic carbocycles. The number of amidine groups is 1. The van der Waals surface area contributed by atoms with E-state index in [1.54, 1.807) is 0 Å². The number of fused-ring (bicyclic) bond motifs is 1. The summed E-state index contributed by atoms with van der Waals surface area (Å²) in [6.07, 6.45) is 2.08. The van der Waals surface area contributed by atoms with Gasteiger partial charge in [0, 0.05) is 6.54 Å². The first-order valence-corrected chi connectivity index (χ1v) is 9.97. The van der Waals surface area contributed by atoms with Crippen LogP contribution in [0.15, 0.2) is 53.5 Å². The summed E-state index contributed by atoms with van der Waals surface area (Å²) in [4.78, 5) is 5.01. The van der Waals surface area contributed by atoms with E-state index in [0.29, 0.717) is 0 Å². The van der Waals surface area contributed by atoms with E-state index in [0.717, 1.165) is 49.7 Å². The minimum atomic E-state index is -0.0923. The molecule has 4 rings (SSSR count). The summed E-state index contributed by atoms with van der Waals surface area (Å²) in [7, 11) is 0. The van der Waals surface area contributed by atoms with Gasteiger partial charge in [-0.05, 0) is 54.6 Å². The first-order valence-electron chi connectivity index (χ1n) is 9.97. The van der Waals surface area contributed by atoms with Crippen LogP contribution in [-0.4, -0.2) is 24.5 Å². The summed E-state index contributed by atoms with van der Waals surface area (Å²) in [5, 5.41) is 10.9. The van der Waals surface area contributed by atoms with Crippen molar-refractivity contribution in [2.75, 3.05) is 18.4 Å². The van der Waals surface area contributed by atoms with Crippen molar-refractivity contribution in [3.63, 3.8) is 0 Å². The zero-order valence-electron chi connectivity index (χ0n) is 16.6. The van der Waals surface area contributed by atoms with E-state index in [9.17, 15) is 0 Å². The third-order valence-corrected chi connectivity index (χ3v) is 5.70. The monoisotopic (exact) mass is 362 g/mol. The second-order valence-electron chi connectivity index (χ2n) is 8.74. The van der Waals surface area contributed by atoms with Gasteiger partial charge in [0.25, 0.3) is 0 Å². The number of nitrogens with zero attached hydrogens (tertiary/aromatic N) is 1. The highest BCUT2D eigenvalue weighted by Gasteiger charge is 2.40. The molecule has 2 aromatic rings. The van der Waals surface area contributed by atoms with E-state index in [1.807, 2.05) is 6.07 Å². The van der Waals surface area contributed by atoms with Crippen molar-refractivity contribution in [2.45, 2.75) is 51.1 Å². The Balaban J connectivity index is 1.56. The Hall–Kier alpha value is -2.33. The molecule has 2 heterocycles. The van der Waals surface area contributed by atoms with Gasteiger partial charge in [0.1, 0.15) is 5.84 Å². The van der Waals surface area contributed by atoms with Gasteiger partial charge in [0.2, 0.25) is 0 Å². The third kappa shape index (κ3) is 3.72. The predicted molar refractivity (Wildman–Crippen MR) is 114 cm³/mol. The highest BCUT2D eigenvalue weighted by atomic mass is 15.2. The van der Waals surface area contributed by atoms with Gasteiger partial charge >= 0.3 is 0 Å². The standard InChI is InChI=1S/C23H30N4/c1-22(2,3)18-10-8-17(9-11-18)16-25-21-23(12-14-24-15-13-23)27-20-7-5-4-6-19(20)26-21/h4-11,24,27H,12-16H2,1-3H3,(H,25,26). The van der Waals surface area contributed by atoms with Crippen LogP contribution in [-0.2, 0) is 12.0 Å². The maximum atomic E-state index is 5.01. The van der Waals surface area contributed by atoms with Crippen molar-refractivity contribution in [2.24, 2.45) is 4.99 Å². The molecule has 3 N–H and O–H groups in total. The molecule has 1 saturated heterocycles. The van der Waals surface area contributed by atoms with Gasteiger partial charge < -0.3 is 16.0 Å². The lowest BCUT2D eigenvalue weighted by Crippen LogP contribution is -2.58. The molecule has 0 atom stereocenters. The van der Waals surface area contributed by atoms with Crippen LogP contribution in [0, 0.1) is 0 Å². The summed E-state index contributed by atoms with van der Waals surface area (Å²) >= 11 is 0. The number of aliphatic imine (C=N–C) groups is 1. The van der Waals surface area contributed by atoms with Crippen LogP contribution in [0.5, 0.6) is 0 Å². The van der Waals surface area contributed by atoms with Crippen molar-refractivity contribution in [3.8, 4) is 0 Å². The number of rotatable bonds is 2. The maximum Gasteiger partial charge on any atom is 0.128 e. The summed E-state index contributed by atoms with van der Waals surface area (Å²) in [6, 6.07) is 17.3. The zero-order chi connectivity index (χ0) is 18.9. The van der Waals surface area contributed by atoms with Gasteiger partial charge in [-0.3, -0.25) is 0 Å².